The fourth-order valence-corrected chi connectivity index (χ4v) is 4.90. The van der Waals surface area contributed by atoms with Crippen LogP contribution < -0.4 is 14.2 Å². The van der Waals surface area contributed by atoms with Crippen LogP contribution in [0.1, 0.15) is 62.1 Å². The lowest BCUT2D eigenvalue weighted by atomic mass is 9.89. The molecule has 0 radical (unpaired) electrons. The molecule has 4 rings (SSSR count). The van der Waals surface area contributed by atoms with Gasteiger partial charge in [0.15, 0.2) is 17.3 Å². The first-order valence-electron chi connectivity index (χ1n) is 13.5. The van der Waals surface area contributed by atoms with E-state index in [1.54, 1.807) is 32.4 Å². The summed E-state index contributed by atoms with van der Waals surface area (Å²) in [4.78, 5) is 13.1. The van der Waals surface area contributed by atoms with Crippen molar-refractivity contribution in [3.05, 3.63) is 76.3 Å². The van der Waals surface area contributed by atoms with Crippen LogP contribution >= 0.6 is 0 Å². The molecule has 0 fully saturated rings. The van der Waals surface area contributed by atoms with Crippen LogP contribution in [0, 0.1) is 6.92 Å². The van der Waals surface area contributed by atoms with Crippen LogP contribution in [0.25, 0.3) is 0 Å². The molecule has 0 spiro atoms. The number of methoxy groups -OCH3 is 2. The minimum Gasteiger partial charge on any atom is -0.496 e. The van der Waals surface area contributed by atoms with Gasteiger partial charge >= 0.3 is 5.97 Å². The summed E-state index contributed by atoms with van der Waals surface area (Å²) in [6.45, 7) is 4.67. The molecule has 1 atom stereocenters. The zero-order valence-corrected chi connectivity index (χ0v) is 23.2. The van der Waals surface area contributed by atoms with E-state index in [2.05, 4.69) is 6.92 Å². The molecule has 2 aliphatic heterocycles. The maximum atomic E-state index is 13.1. The maximum absolute atomic E-state index is 13.1. The number of carbonyl (C=O) groups excluding carboxylic acids is 1. The highest BCUT2D eigenvalue weighted by Crippen LogP contribution is 2.45. The monoisotopic (exact) mass is 538 g/mol. The van der Waals surface area contributed by atoms with Crippen molar-refractivity contribution >= 4 is 5.97 Å². The molecule has 0 aromatic heterocycles. The van der Waals surface area contributed by atoms with Crippen LogP contribution in [0.5, 0.6) is 17.2 Å². The number of hydrogen-bond donors (Lipinski definition) is 1. The second-order valence-corrected chi connectivity index (χ2v) is 9.76. The predicted octanol–water partition coefficient (Wildman–Crippen LogP) is 5.84. The van der Waals surface area contributed by atoms with Gasteiger partial charge in [-0.25, -0.2) is 4.79 Å². The zero-order chi connectivity index (χ0) is 27.8. The molecule has 8 nitrogen and oxygen atoms in total. The smallest absolute Gasteiger partial charge is 0.345 e. The van der Waals surface area contributed by atoms with Crippen LogP contribution in [0.15, 0.2) is 59.6 Å². The van der Waals surface area contributed by atoms with Crippen molar-refractivity contribution in [3.8, 4) is 17.2 Å². The zero-order valence-electron chi connectivity index (χ0n) is 23.2. The number of unbranched alkanes of at least 4 members (excludes halogenated alkanes) is 5. The fraction of sp³-hybridized carbons (Fsp3) is 0.452. The van der Waals surface area contributed by atoms with Crippen molar-refractivity contribution in [3.63, 3.8) is 0 Å². The number of ether oxygens (including phenoxy) is 6. The lowest BCUT2D eigenvalue weighted by Gasteiger charge is -2.26. The molecule has 0 bridgehead atoms. The Bertz CT molecular complexity index is 1230. The average molecular weight is 539 g/mol. The van der Waals surface area contributed by atoms with Gasteiger partial charge in [0.2, 0.25) is 6.79 Å². The molecule has 2 aromatic carbocycles. The third-order valence-corrected chi connectivity index (χ3v) is 7.03. The van der Waals surface area contributed by atoms with E-state index in [4.69, 9.17) is 28.4 Å². The van der Waals surface area contributed by atoms with Gasteiger partial charge in [-0.15, -0.1) is 0 Å². The topological polar surface area (TPSA) is 92.7 Å². The third-order valence-electron chi connectivity index (χ3n) is 7.03. The number of rotatable bonds is 14. The van der Waals surface area contributed by atoms with E-state index in [1.807, 2.05) is 25.1 Å². The Morgan fingerprint density at radius 2 is 1.69 bits per heavy atom. The Kier molecular flexibility index (Phi) is 9.41. The number of cyclic esters (lactones) is 1. The van der Waals surface area contributed by atoms with Crippen LogP contribution in [-0.4, -0.2) is 38.7 Å². The van der Waals surface area contributed by atoms with Crippen LogP contribution in [0.4, 0.5) is 0 Å². The van der Waals surface area contributed by atoms with Gasteiger partial charge in [0, 0.05) is 17.6 Å². The molecular formula is C31H38O8. The number of esters is 1. The highest BCUT2D eigenvalue weighted by atomic mass is 16.7. The number of carbonyl (C=O) groups is 1. The molecule has 1 unspecified atom stereocenters. The fourth-order valence-electron chi connectivity index (χ4n) is 4.90. The van der Waals surface area contributed by atoms with E-state index in [0.717, 1.165) is 24.0 Å². The number of hydrogen-bond acceptors (Lipinski definition) is 8. The quantitative estimate of drug-likeness (QED) is 0.237. The van der Waals surface area contributed by atoms with Crippen molar-refractivity contribution in [2.75, 3.05) is 27.6 Å². The average Bonchev–Trinajstić information content (AvgIpc) is 3.55. The lowest BCUT2D eigenvalue weighted by molar-refractivity contribution is -0.186. The van der Waals surface area contributed by atoms with Crippen molar-refractivity contribution in [2.24, 2.45) is 0 Å². The first-order valence-corrected chi connectivity index (χ1v) is 13.5. The van der Waals surface area contributed by atoms with Crippen molar-refractivity contribution in [1.82, 2.24) is 0 Å². The normalized spacial score (nSPS) is 18.4. The van der Waals surface area contributed by atoms with E-state index < -0.39 is 11.8 Å². The number of aliphatic hydroxyl groups is 1. The molecule has 210 valence electrons. The summed E-state index contributed by atoms with van der Waals surface area (Å²) in [5, 5.41) is 11.9. The first-order chi connectivity index (χ1) is 18.9. The van der Waals surface area contributed by atoms with E-state index in [0.29, 0.717) is 35.0 Å². The standard InChI is InChI=1S/C31H38O8/c1-5-6-7-8-9-10-15-37-26-13-11-22(18-27(26)35-4)17-24-29(28-19-36-20-38-28)30(32)39-31(24,33)23-12-14-25(34-3)21(2)16-23/h11-14,16,18-19,33H,5-10,15,17,20H2,1-4H3. The summed E-state index contributed by atoms with van der Waals surface area (Å²) in [6.07, 6.45) is 8.65. The molecule has 2 heterocycles. The first kappa shape index (κ1) is 28.4. The van der Waals surface area contributed by atoms with Gasteiger partial charge < -0.3 is 33.5 Å². The Labute approximate surface area is 230 Å². The summed E-state index contributed by atoms with van der Waals surface area (Å²) in [5.41, 5.74) is 2.49. The molecule has 0 amide bonds. The molecule has 8 heteroatoms. The van der Waals surface area contributed by atoms with Crippen LogP contribution in [0.3, 0.4) is 0 Å². The minimum absolute atomic E-state index is 0.0159. The van der Waals surface area contributed by atoms with Crippen LogP contribution in [0.2, 0.25) is 0 Å². The second kappa shape index (κ2) is 12.9. The van der Waals surface area contributed by atoms with Gasteiger partial charge in [-0.3, -0.25) is 0 Å². The third kappa shape index (κ3) is 6.33. The van der Waals surface area contributed by atoms with Crippen molar-refractivity contribution in [1.29, 1.82) is 0 Å². The van der Waals surface area contributed by atoms with Gasteiger partial charge in [0.25, 0.3) is 5.79 Å². The Morgan fingerprint density at radius 1 is 0.949 bits per heavy atom. The highest BCUT2D eigenvalue weighted by molar-refractivity contribution is 5.97. The van der Waals surface area contributed by atoms with Gasteiger partial charge in [-0.2, -0.15) is 0 Å². The van der Waals surface area contributed by atoms with Crippen molar-refractivity contribution in [2.45, 2.75) is 64.6 Å². The van der Waals surface area contributed by atoms with Gasteiger partial charge in [-0.1, -0.05) is 45.1 Å². The minimum atomic E-state index is -2.00. The maximum Gasteiger partial charge on any atom is 0.345 e. The Balaban J connectivity index is 1.59. The Hall–Kier alpha value is -3.65. The van der Waals surface area contributed by atoms with Gasteiger partial charge in [0.1, 0.15) is 17.6 Å². The molecule has 2 aromatic rings. The highest BCUT2D eigenvalue weighted by Gasteiger charge is 2.50. The predicted molar refractivity (Wildman–Crippen MR) is 145 cm³/mol. The van der Waals surface area contributed by atoms with Crippen LogP contribution in [-0.2, 0) is 31.2 Å². The van der Waals surface area contributed by atoms with E-state index in [-0.39, 0.29) is 24.5 Å². The molecule has 0 saturated heterocycles. The van der Waals surface area contributed by atoms with Gasteiger partial charge in [0.05, 0.1) is 20.8 Å². The van der Waals surface area contributed by atoms with E-state index in [9.17, 15) is 9.90 Å². The molecule has 2 aliphatic rings. The summed E-state index contributed by atoms with van der Waals surface area (Å²) < 4.78 is 33.3. The summed E-state index contributed by atoms with van der Waals surface area (Å²) >= 11 is 0. The largest absolute Gasteiger partial charge is 0.496 e. The summed E-state index contributed by atoms with van der Waals surface area (Å²) in [6, 6.07) is 10.8. The lowest BCUT2D eigenvalue weighted by Crippen LogP contribution is -2.30. The number of aryl methyl sites for hydroxylation is 1. The molecule has 39 heavy (non-hydrogen) atoms. The Morgan fingerprint density at radius 3 is 2.38 bits per heavy atom. The molecular weight excluding hydrogens is 500 g/mol. The molecule has 0 aliphatic carbocycles. The molecule has 0 saturated carbocycles. The van der Waals surface area contributed by atoms with E-state index in [1.165, 1.54) is 31.9 Å². The molecule has 1 N–H and O–H groups in total. The second-order valence-electron chi connectivity index (χ2n) is 9.76. The SMILES string of the molecule is CCCCCCCCOc1ccc(CC2=C(C3=COCO3)C(=O)OC2(O)c2ccc(OC)c(C)c2)cc1OC. The number of benzene rings is 2. The van der Waals surface area contributed by atoms with Crippen molar-refractivity contribution < 1.29 is 38.3 Å². The van der Waals surface area contributed by atoms with E-state index >= 15 is 0 Å². The summed E-state index contributed by atoms with van der Waals surface area (Å²) in [5.74, 6) is -0.580. The summed E-state index contributed by atoms with van der Waals surface area (Å²) in [7, 11) is 3.17. The van der Waals surface area contributed by atoms with Gasteiger partial charge in [-0.05, 0) is 54.8 Å².